The topological polar surface area (TPSA) is 58.9 Å². The highest BCUT2D eigenvalue weighted by Crippen LogP contribution is 2.25. The van der Waals surface area contributed by atoms with Crippen molar-refractivity contribution < 1.29 is 19.7 Å². The molecule has 1 aliphatic heterocycles. The van der Waals surface area contributed by atoms with Gasteiger partial charge in [0, 0.05) is 5.92 Å². The van der Waals surface area contributed by atoms with Gasteiger partial charge in [-0.3, -0.25) is 0 Å². The summed E-state index contributed by atoms with van der Waals surface area (Å²) in [6.07, 6.45) is -1.49. The van der Waals surface area contributed by atoms with Gasteiger partial charge in [-0.2, -0.15) is 0 Å². The Kier molecular flexibility index (Phi) is 4.72. The number of aliphatic hydroxyl groups is 2. The number of ether oxygens (including phenoxy) is 2. The van der Waals surface area contributed by atoms with Crippen LogP contribution in [-0.2, 0) is 9.47 Å². The summed E-state index contributed by atoms with van der Waals surface area (Å²) in [5.74, 6) is 0.0564. The third-order valence-electron chi connectivity index (χ3n) is 3.23. The lowest BCUT2D eigenvalue weighted by Gasteiger charge is -2.24. The Labute approximate surface area is 107 Å². The smallest absolute Gasteiger partial charge is 0.160 e. The van der Waals surface area contributed by atoms with Gasteiger partial charge in [0.05, 0.1) is 19.3 Å². The molecule has 0 amide bonds. The molecular formula is C14H20O4. The Hall–Kier alpha value is -0.940. The molecule has 0 spiro atoms. The van der Waals surface area contributed by atoms with Crippen molar-refractivity contribution in [2.75, 3.05) is 13.2 Å². The van der Waals surface area contributed by atoms with Crippen LogP contribution in [0.4, 0.5) is 0 Å². The Morgan fingerprint density at radius 1 is 1.17 bits per heavy atom. The second-order valence-electron chi connectivity index (χ2n) is 4.75. The number of aliphatic hydroxyl groups excluding tert-OH is 2. The summed E-state index contributed by atoms with van der Waals surface area (Å²) in [7, 11) is 0. The molecule has 100 valence electrons. The lowest BCUT2D eigenvalue weighted by molar-refractivity contribution is -0.0972. The van der Waals surface area contributed by atoms with Gasteiger partial charge < -0.3 is 19.7 Å². The maximum atomic E-state index is 10.0. The van der Waals surface area contributed by atoms with Crippen molar-refractivity contribution >= 4 is 0 Å². The molecule has 0 aromatic heterocycles. The van der Waals surface area contributed by atoms with E-state index in [1.54, 1.807) is 12.1 Å². The molecule has 0 radical (unpaired) electrons. The van der Waals surface area contributed by atoms with Crippen LogP contribution < -0.4 is 0 Å². The summed E-state index contributed by atoms with van der Waals surface area (Å²) in [5, 5.41) is 20.1. The van der Waals surface area contributed by atoms with Crippen LogP contribution in [0.3, 0.4) is 0 Å². The predicted octanol–water partition coefficient (Wildman–Crippen LogP) is 1.48. The van der Waals surface area contributed by atoms with E-state index in [1.807, 2.05) is 25.1 Å². The van der Waals surface area contributed by atoms with Crippen LogP contribution >= 0.6 is 0 Å². The molecule has 0 aliphatic carbocycles. The maximum Gasteiger partial charge on any atom is 0.160 e. The molecule has 1 unspecified atom stereocenters. The Balaban J connectivity index is 1.88. The van der Waals surface area contributed by atoms with Crippen LogP contribution in [0, 0.1) is 5.92 Å². The van der Waals surface area contributed by atoms with Crippen molar-refractivity contribution in [3.8, 4) is 0 Å². The molecule has 1 fully saturated rings. The van der Waals surface area contributed by atoms with Gasteiger partial charge >= 0.3 is 0 Å². The van der Waals surface area contributed by atoms with Crippen molar-refractivity contribution in [3.05, 3.63) is 35.9 Å². The summed E-state index contributed by atoms with van der Waals surface area (Å²) < 4.78 is 10.8. The fourth-order valence-electron chi connectivity index (χ4n) is 2.20. The van der Waals surface area contributed by atoms with Crippen LogP contribution in [0.1, 0.15) is 25.0 Å². The van der Waals surface area contributed by atoms with Crippen LogP contribution in [-0.4, -0.2) is 35.8 Å². The van der Waals surface area contributed by atoms with E-state index in [0.717, 1.165) is 5.56 Å². The standard InChI is InChI=1S/C14H20O4/c1-10(14-17-7-8-18-14)9-12(15)13(16)11-5-3-2-4-6-11/h2-6,10,12-16H,7-9H2,1H3/t10?,12-,13+/m0/s1. The van der Waals surface area contributed by atoms with E-state index in [1.165, 1.54) is 0 Å². The third-order valence-corrected chi connectivity index (χ3v) is 3.23. The highest BCUT2D eigenvalue weighted by atomic mass is 16.7. The van der Waals surface area contributed by atoms with E-state index in [0.29, 0.717) is 19.6 Å². The number of benzene rings is 1. The SMILES string of the molecule is CC(C[C@H](O)[C@H](O)c1ccccc1)C1OCCO1. The fraction of sp³-hybridized carbons (Fsp3) is 0.571. The van der Waals surface area contributed by atoms with Crippen LogP contribution in [0.15, 0.2) is 30.3 Å². The molecule has 1 aromatic carbocycles. The molecule has 1 aromatic rings. The third kappa shape index (κ3) is 3.29. The Bertz CT molecular complexity index is 348. The van der Waals surface area contributed by atoms with Crippen molar-refractivity contribution in [2.24, 2.45) is 5.92 Å². The lowest BCUT2D eigenvalue weighted by Crippen LogP contribution is -2.27. The molecule has 2 N–H and O–H groups in total. The van der Waals surface area contributed by atoms with Gasteiger partial charge in [-0.1, -0.05) is 37.3 Å². The average Bonchev–Trinajstić information content (AvgIpc) is 2.92. The van der Waals surface area contributed by atoms with Crippen LogP contribution in [0.25, 0.3) is 0 Å². The van der Waals surface area contributed by atoms with Gasteiger partial charge in [0.15, 0.2) is 6.29 Å². The maximum absolute atomic E-state index is 10.0. The van der Waals surface area contributed by atoms with E-state index in [2.05, 4.69) is 0 Å². The van der Waals surface area contributed by atoms with Gasteiger partial charge in [-0.15, -0.1) is 0 Å². The van der Waals surface area contributed by atoms with Gasteiger partial charge in [-0.25, -0.2) is 0 Å². The minimum atomic E-state index is -0.866. The first-order valence-corrected chi connectivity index (χ1v) is 6.33. The minimum absolute atomic E-state index is 0.0564. The molecule has 4 nitrogen and oxygen atoms in total. The van der Waals surface area contributed by atoms with Gasteiger partial charge in [-0.05, 0) is 12.0 Å². The molecule has 0 saturated carbocycles. The molecule has 4 heteroatoms. The second-order valence-corrected chi connectivity index (χ2v) is 4.75. The summed E-state index contributed by atoms with van der Waals surface area (Å²) in [6.45, 7) is 3.16. The highest BCUT2D eigenvalue weighted by Gasteiger charge is 2.28. The predicted molar refractivity (Wildman–Crippen MR) is 66.9 cm³/mol. The second kappa shape index (κ2) is 6.29. The normalized spacial score (nSPS) is 21.7. The van der Waals surface area contributed by atoms with E-state index in [9.17, 15) is 10.2 Å². The van der Waals surface area contributed by atoms with Gasteiger partial charge in [0.25, 0.3) is 0 Å². The Morgan fingerprint density at radius 3 is 2.39 bits per heavy atom. The first kappa shape index (κ1) is 13.5. The van der Waals surface area contributed by atoms with Gasteiger partial charge in [0.1, 0.15) is 6.10 Å². The number of rotatable bonds is 5. The van der Waals surface area contributed by atoms with Crippen molar-refractivity contribution in [3.63, 3.8) is 0 Å². The van der Waals surface area contributed by atoms with Crippen molar-refractivity contribution in [1.29, 1.82) is 0 Å². The largest absolute Gasteiger partial charge is 0.390 e. The number of hydrogen-bond acceptors (Lipinski definition) is 4. The molecule has 1 aliphatic rings. The molecule has 1 saturated heterocycles. The monoisotopic (exact) mass is 252 g/mol. The van der Waals surface area contributed by atoms with E-state index in [4.69, 9.17) is 9.47 Å². The zero-order valence-corrected chi connectivity index (χ0v) is 10.5. The highest BCUT2D eigenvalue weighted by molar-refractivity contribution is 5.18. The van der Waals surface area contributed by atoms with E-state index >= 15 is 0 Å². The molecule has 0 bridgehead atoms. The summed E-state index contributed by atoms with van der Waals surface area (Å²) >= 11 is 0. The average molecular weight is 252 g/mol. The summed E-state index contributed by atoms with van der Waals surface area (Å²) in [5.41, 5.74) is 0.727. The minimum Gasteiger partial charge on any atom is -0.390 e. The molecule has 18 heavy (non-hydrogen) atoms. The zero-order chi connectivity index (χ0) is 13.0. The zero-order valence-electron chi connectivity index (χ0n) is 10.5. The fourth-order valence-corrected chi connectivity index (χ4v) is 2.20. The van der Waals surface area contributed by atoms with Crippen molar-refractivity contribution in [1.82, 2.24) is 0 Å². The number of hydrogen-bond donors (Lipinski definition) is 2. The lowest BCUT2D eigenvalue weighted by atomic mass is 9.95. The van der Waals surface area contributed by atoms with E-state index < -0.39 is 12.2 Å². The van der Waals surface area contributed by atoms with Crippen molar-refractivity contribution in [2.45, 2.75) is 31.8 Å². The van der Waals surface area contributed by atoms with Crippen LogP contribution in [0.2, 0.25) is 0 Å². The Morgan fingerprint density at radius 2 is 1.78 bits per heavy atom. The van der Waals surface area contributed by atoms with Gasteiger partial charge in [0.2, 0.25) is 0 Å². The first-order valence-electron chi connectivity index (χ1n) is 6.33. The first-order chi connectivity index (χ1) is 8.68. The molecule has 3 atom stereocenters. The quantitative estimate of drug-likeness (QED) is 0.833. The van der Waals surface area contributed by atoms with E-state index in [-0.39, 0.29) is 12.2 Å². The molecule has 2 rings (SSSR count). The molecule has 1 heterocycles. The molecular weight excluding hydrogens is 232 g/mol. The van der Waals surface area contributed by atoms with Crippen LogP contribution in [0.5, 0.6) is 0 Å². The summed E-state index contributed by atoms with van der Waals surface area (Å²) in [4.78, 5) is 0. The summed E-state index contributed by atoms with van der Waals surface area (Å²) in [6, 6.07) is 9.18.